The maximum absolute atomic E-state index is 10.7. The first-order valence-corrected chi connectivity index (χ1v) is 17.9. The lowest BCUT2D eigenvalue weighted by atomic mass is 10.1. The minimum absolute atomic E-state index is 0.00295. The number of aromatic nitrogens is 4. The normalized spacial score (nSPS) is 10.4. The molecule has 0 aliphatic carbocycles. The summed E-state index contributed by atoms with van der Waals surface area (Å²) in [6.07, 6.45) is 7.72. The summed E-state index contributed by atoms with van der Waals surface area (Å²) in [6, 6.07) is 46.8. The van der Waals surface area contributed by atoms with Gasteiger partial charge in [-0.2, -0.15) is 0 Å². The van der Waals surface area contributed by atoms with Crippen molar-refractivity contribution in [3.63, 3.8) is 0 Å². The molecule has 4 aromatic heterocycles. The zero-order chi connectivity index (χ0) is 39.0. The van der Waals surface area contributed by atoms with Gasteiger partial charge in [-0.15, -0.1) is 0 Å². The van der Waals surface area contributed by atoms with Crippen molar-refractivity contribution in [1.29, 1.82) is 0 Å². The summed E-state index contributed by atoms with van der Waals surface area (Å²) in [6.45, 7) is 0. The minimum atomic E-state index is -0.860. The SMILES string of the molecule is O=C(O)CCc1nc(-c2ccccc2)c(-c2ccccc2)o1.O=C(O)CCc1nc(-c2ccccc2)c(-c2ccccc2)o1.c1cc(-c2ccncc2)ccn1. The summed E-state index contributed by atoms with van der Waals surface area (Å²) in [7, 11) is 0. The van der Waals surface area contributed by atoms with Crippen LogP contribution in [0.25, 0.3) is 56.3 Å². The Labute approximate surface area is 323 Å². The average Bonchev–Trinajstić information content (AvgIpc) is 3.90. The summed E-state index contributed by atoms with van der Waals surface area (Å²) in [5.74, 6) is 0.515. The van der Waals surface area contributed by atoms with Crippen molar-refractivity contribution in [2.45, 2.75) is 25.7 Å². The van der Waals surface area contributed by atoms with E-state index < -0.39 is 11.9 Å². The third-order valence-electron chi connectivity index (χ3n) is 8.31. The lowest BCUT2D eigenvalue weighted by Gasteiger charge is -2.00. The Morgan fingerprint density at radius 3 is 1.02 bits per heavy atom. The van der Waals surface area contributed by atoms with Crippen molar-refractivity contribution < 1.29 is 28.6 Å². The molecule has 0 saturated heterocycles. The summed E-state index contributed by atoms with van der Waals surface area (Å²) < 4.78 is 11.7. The van der Waals surface area contributed by atoms with E-state index in [-0.39, 0.29) is 25.7 Å². The fraction of sp³-hybridized carbons (Fsp3) is 0.0870. The summed E-state index contributed by atoms with van der Waals surface area (Å²) in [5.41, 5.74) is 7.59. The fourth-order valence-electron chi connectivity index (χ4n) is 5.61. The van der Waals surface area contributed by atoms with Gasteiger partial charge in [0.1, 0.15) is 11.4 Å². The number of hydrogen-bond acceptors (Lipinski definition) is 8. The standard InChI is InChI=1S/2C18H15NO3.C10H8N2/c2*20-16(21)12-11-15-19-17(13-7-3-1-4-8-13)18(22-15)14-9-5-2-6-10-14;1-5-11-6-2-9(1)10-3-7-12-8-4-10/h2*1-10H,11-12H2,(H,20,21);1-8H. The first kappa shape index (κ1) is 38.3. The molecule has 0 spiro atoms. The highest BCUT2D eigenvalue weighted by molar-refractivity contribution is 5.78. The zero-order valence-electron chi connectivity index (χ0n) is 30.3. The van der Waals surface area contributed by atoms with Gasteiger partial charge in [0, 0.05) is 59.9 Å². The number of carboxylic acids is 2. The fourth-order valence-corrected chi connectivity index (χ4v) is 5.61. The van der Waals surface area contributed by atoms with Gasteiger partial charge in [0.2, 0.25) is 0 Å². The molecule has 0 amide bonds. The third kappa shape index (κ3) is 10.8. The number of aryl methyl sites for hydroxylation is 2. The van der Waals surface area contributed by atoms with Crippen LogP contribution in [0.15, 0.2) is 179 Å². The minimum Gasteiger partial charge on any atom is -0.481 e. The van der Waals surface area contributed by atoms with E-state index in [9.17, 15) is 9.59 Å². The van der Waals surface area contributed by atoms with Gasteiger partial charge in [-0.1, -0.05) is 121 Å². The van der Waals surface area contributed by atoms with Crippen LogP contribution in [0.2, 0.25) is 0 Å². The van der Waals surface area contributed by atoms with Gasteiger partial charge in [-0.25, -0.2) is 9.97 Å². The second kappa shape index (κ2) is 19.6. The number of rotatable bonds is 11. The third-order valence-corrected chi connectivity index (χ3v) is 8.31. The van der Waals surface area contributed by atoms with E-state index in [4.69, 9.17) is 19.0 Å². The summed E-state index contributed by atoms with van der Waals surface area (Å²) in [4.78, 5) is 38.4. The molecule has 10 heteroatoms. The lowest BCUT2D eigenvalue weighted by molar-refractivity contribution is -0.138. The zero-order valence-corrected chi connectivity index (χ0v) is 30.3. The second-order valence-corrected chi connectivity index (χ2v) is 12.3. The van der Waals surface area contributed by atoms with Crippen LogP contribution in [0.4, 0.5) is 0 Å². The van der Waals surface area contributed by atoms with Crippen LogP contribution in [-0.2, 0) is 22.4 Å². The molecule has 0 saturated carbocycles. The van der Waals surface area contributed by atoms with Gasteiger partial charge < -0.3 is 19.0 Å². The van der Waals surface area contributed by atoms with E-state index in [1.807, 2.05) is 146 Å². The lowest BCUT2D eigenvalue weighted by Crippen LogP contribution is -1.97. The van der Waals surface area contributed by atoms with E-state index in [2.05, 4.69) is 19.9 Å². The quantitative estimate of drug-likeness (QED) is 0.131. The molecule has 278 valence electrons. The molecule has 0 radical (unpaired) electrons. The predicted octanol–water partition coefficient (Wildman–Crippen LogP) is 10.2. The molecule has 0 bridgehead atoms. The summed E-state index contributed by atoms with van der Waals surface area (Å²) >= 11 is 0. The summed E-state index contributed by atoms with van der Waals surface area (Å²) in [5, 5.41) is 17.6. The Morgan fingerprint density at radius 2 is 0.714 bits per heavy atom. The van der Waals surface area contributed by atoms with Crippen molar-refractivity contribution in [2.75, 3.05) is 0 Å². The molecule has 56 heavy (non-hydrogen) atoms. The maximum atomic E-state index is 10.7. The van der Waals surface area contributed by atoms with Crippen molar-refractivity contribution >= 4 is 11.9 Å². The molecule has 4 aromatic carbocycles. The van der Waals surface area contributed by atoms with Crippen LogP contribution < -0.4 is 0 Å². The van der Waals surface area contributed by atoms with E-state index in [1.165, 1.54) is 11.1 Å². The van der Waals surface area contributed by atoms with Crippen molar-refractivity contribution in [2.24, 2.45) is 0 Å². The Balaban J connectivity index is 0.000000149. The molecular weight excluding hydrogens is 705 g/mol. The Kier molecular flexibility index (Phi) is 13.4. The van der Waals surface area contributed by atoms with Crippen molar-refractivity contribution in [1.82, 2.24) is 19.9 Å². The number of carboxylic acid groups (broad SMARTS) is 2. The Bertz CT molecular complexity index is 2120. The van der Waals surface area contributed by atoms with Gasteiger partial charge in [-0.3, -0.25) is 19.6 Å². The van der Waals surface area contributed by atoms with Crippen molar-refractivity contribution in [3.05, 3.63) is 182 Å². The highest BCUT2D eigenvalue weighted by Crippen LogP contribution is 2.34. The van der Waals surface area contributed by atoms with Gasteiger partial charge in [0.05, 0.1) is 12.8 Å². The molecule has 8 rings (SSSR count). The molecule has 10 nitrogen and oxygen atoms in total. The maximum Gasteiger partial charge on any atom is 0.303 e. The number of aliphatic carboxylic acids is 2. The monoisotopic (exact) mass is 742 g/mol. The first-order valence-electron chi connectivity index (χ1n) is 17.9. The van der Waals surface area contributed by atoms with Crippen LogP contribution in [0, 0.1) is 0 Å². The van der Waals surface area contributed by atoms with Crippen LogP contribution in [0.1, 0.15) is 24.6 Å². The van der Waals surface area contributed by atoms with E-state index in [0.717, 1.165) is 33.6 Å². The van der Waals surface area contributed by atoms with Crippen molar-refractivity contribution in [3.8, 4) is 56.3 Å². The van der Waals surface area contributed by atoms with Crippen LogP contribution in [0.3, 0.4) is 0 Å². The molecule has 8 aromatic rings. The molecule has 4 heterocycles. The highest BCUT2D eigenvalue weighted by atomic mass is 16.4. The highest BCUT2D eigenvalue weighted by Gasteiger charge is 2.18. The number of nitrogens with zero attached hydrogens (tertiary/aromatic N) is 4. The molecule has 0 aliphatic rings. The second-order valence-electron chi connectivity index (χ2n) is 12.3. The average molecular weight is 743 g/mol. The number of pyridine rings is 2. The molecule has 2 N–H and O–H groups in total. The molecule has 0 unspecified atom stereocenters. The van der Waals surface area contributed by atoms with Gasteiger partial charge in [0.25, 0.3) is 0 Å². The Morgan fingerprint density at radius 1 is 0.411 bits per heavy atom. The number of benzene rings is 4. The molecular formula is C46H38N4O6. The molecule has 0 fully saturated rings. The van der Waals surface area contributed by atoms with Gasteiger partial charge in [0.15, 0.2) is 23.3 Å². The topological polar surface area (TPSA) is 152 Å². The van der Waals surface area contributed by atoms with Gasteiger partial charge >= 0.3 is 11.9 Å². The number of hydrogen-bond donors (Lipinski definition) is 2. The number of oxazole rings is 2. The predicted molar refractivity (Wildman–Crippen MR) is 214 cm³/mol. The van der Waals surface area contributed by atoms with Gasteiger partial charge in [-0.05, 0) is 35.4 Å². The Hall–Kier alpha value is -7.46. The van der Waals surface area contributed by atoms with Crippen LogP contribution >= 0.6 is 0 Å². The van der Waals surface area contributed by atoms with E-state index in [0.29, 0.717) is 23.3 Å². The molecule has 0 atom stereocenters. The largest absolute Gasteiger partial charge is 0.481 e. The number of carbonyl (C=O) groups is 2. The smallest absolute Gasteiger partial charge is 0.303 e. The van der Waals surface area contributed by atoms with Crippen LogP contribution in [0.5, 0.6) is 0 Å². The van der Waals surface area contributed by atoms with E-state index >= 15 is 0 Å². The van der Waals surface area contributed by atoms with E-state index in [1.54, 1.807) is 24.8 Å². The van der Waals surface area contributed by atoms with Crippen LogP contribution in [-0.4, -0.2) is 42.1 Å². The molecule has 0 aliphatic heterocycles. The first-order chi connectivity index (χ1) is 27.4.